The van der Waals surface area contributed by atoms with Gasteiger partial charge in [-0.3, -0.25) is 9.69 Å². The van der Waals surface area contributed by atoms with E-state index < -0.39 is 29.3 Å². The number of alkyl carbamates (subject to hydrolysis) is 1. The minimum atomic E-state index is -0.704. The Morgan fingerprint density at radius 3 is 2.32 bits per heavy atom. The molecule has 1 saturated carbocycles. The quantitative estimate of drug-likeness (QED) is 0.566. The SMILES string of the molecule is COC(=O)CN(CC1(NC(=O)OCc2ccccc2)CC1)C(=O)OC(C)(C)C. The number of carbonyl (C=O) groups excluding carboxylic acids is 3. The van der Waals surface area contributed by atoms with Crippen molar-refractivity contribution in [1.82, 2.24) is 10.2 Å². The molecule has 2 rings (SSSR count). The van der Waals surface area contributed by atoms with Gasteiger partial charge in [-0.05, 0) is 39.2 Å². The molecule has 8 heteroatoms. The lowest BCUT2D eigenvalue weighted by molar-refractivity contribution is -0.141. The maximum atomic E-state index is 12.5. The average molecular weight is 392 g/mol. The topological polar surface area (TPSA) is 94.2 Å². The van der Waals surface area contributed by atoms with E-state index in [9.17, 15) is 14.4 Å². The second-order valence-electron chi connectivity index (χ2n) is 7.88. The Morgan fingerprint density at radius 1 is 1.14 bits per heavy atom. The maximum Gasteiger partial charge on any atom is 0.410 e. The molecule has 154 valence electrons. The van der Waals surface area contributed by atoms with Gasteiger partial charge in [-0.2, -0.15) is 0 Å². The highest BCUT2D eigenvalue weighted by Crippen LogP contribution is 2.36. The van der Waals surface area contributed by atoms with Crippen LogP contribution in [-0.4, -0.2) is 54.4 Å². The predicted octanol–water partition coefficient (Wildman–Crippen LogP) is 2.86. The molecule has 1 N–H and O–H groups in total. The van der Waals surface area contributed by atoms with Gasteiger partial charge in [0.25, 0.3) is 0 Å². The van der Waals surface area contributed by atoms with Crippen LogP contribution in [0.3, 0.4) is 0 Å². The van der Waals surface area contributed by atoms with Crippen molar-refractivity contribution in [3.8, 4) is 0 Å². The Bertz CT molecular complexity index is 694. The molecule has 1 aromatic rings. The molecule has 0 spiro atoms. The zero-order valence-corrected chi connectivity index (χ0v) is 16.8. The minimum Gasteiger partial charge on any atom is -0.468 e. The summed E-state index contributed by atoms with van der Waals surface area (Å²) >= 11 is 0. The molecule has 28 heavy (non-hydrogen) atoms. The van der Waals surface area contributed by atoms with E-state index in [0.29, 0.717) is 12.8 Å². The third-order valence-electron chi connectivity index (χ3n) is 4.13. The summed E-state index contributed by atoms with van der Waals surface area (Å²) in [5.41, 5.74) is -0.452. The summed E-state index contributed by atoms with van der Waals surface area (Å²) in [6, 6.07) is 9.34. The number of rotatable bonds is 7. The molecule has 0 aliphatic heterocycles. The molecule has 1 aliphatic rings. The summed E-state index contributed by atoms with van der Waals surface area (Å²) < 4.78 is 15.3. The third-order valence-corrected chi connectivity index (χ3v) is 4.13. The molecule has 0 bridgehead atoms. The summed E-state index contributed by atoms with van der Waals surface area (Å²) in [4.78, 5) is 37.6. The van der Waals surface area contributed by atoms with Crippen LogP contribution in [0.25, 0.3) is 0 Å². The summed E-state index contributed by atoms with van der Waals surface area (Å²) in [5, 5.41) is 2.81. The molecule has 2 amide bonds. The molecular weight excluding hydrogens is 364 g/mol. The van der Waals surface area contributed by atoms with Crippen LogP contribution in [0.15, 0.2) is 30.3 Å². The monoisotopic (exact) mass is 392 g/mol. The highest BCUT2D eigenvalue weighted by Gasteiger charge is 2.47. The first-order valence-corrected chi connectivity index (χ1v) is 9.16. The molecule has 0 radical (unpaired) electrons. The van der Waals surface area contributed by atoms with Crippen molar-refractivity contribution in [2.75, 3.05) is 20.2 Å². The number of amides is 2. The van der Waals surface area contributed by atoms with Crippen molar-refractivity contribution in [3.05, 3.63) is 35.9 Å². The van der Waals surface area contributed by atoms with Gasteiger partial charge in [0, 0.05) is 6.54 Å². The molecular formula is C20H28N2O6. The molecule has 0 atom stereocenters. The number of benzene rings is 1. The molecule has 1 aliphatic carbocycles. The van der Waals surface area contributed by atoms with Crippen molar-refractivity contribution in [3.63, 3.8) is 0 Å². The van der Waals surface area contributed by atoms with Gasteiger partial charge in [0.2, 0.25) is 0 Å². The van der Waals surface area contributed by atoms with Gasteiger partial charge in [-0.25, -0.2) is 9.59 Å². The van der Waals surface area contributed by atoms with E-state index in [1.165, 1.54) is 12.0 Å². The number of hydrogen-bond donors (Lipinski definition) is 1. The first-order valence-electron chi connectivity index (χ1n) is 9.16. The van der Waals surface area contributed by atoms with Crippen LogP contribution in [0, 0.1) is 0 Å². The highest BCUT2D eigenvalue weighted by atomic mass is 16.6. The van der Waals surface area contributed by atoms with Gasteiger partial charge in [0.05, 0.1) is 12.6 Å². The molecule has 1 fully saturated rings. The second kappa shape index (κ2) is 8.95. The number of hydrogen-bond acceptors (Lipinski definition) is 6. The fourth-order valence-electron chi connectivity index (χ4n) is 2.55. The summed E-state index contributed by atoms with van der Waals surface area (Å²) in [7, 11) is 1.25. The molecule has 8 nitrogen and oxygen atoms in total. The highest BCUT2D eigenvalue weighted by molar-refractivity contribution is 5.78. The van der Waals surface area contributed by atoms with Gasteiger partial charge < -0.3 is 19.5 Å². The fourth-order valence-corrected chi connectivity index (χ4v) is 2.55. The smallest absolute Gasteiger partial charge is 0.410 e. The summed E-state index contributed by atoms with van der Waals surface area (Å²) in [6.45, 7) is 5.26. The number of methoxy groups -OCH3 is 1. The largest absolute Gasteiger partial charge is 0.468 e. The molecule has 0 aromatic heterocycles. The summed E-state index contributed by atoms with van der Waals surface area (Å²) in [5.74, 6) is -0.562. The van der Waals surface area contributed by atoms with Crippen LogP contribution >= 0.6 is 0 Å². The van der Waals surface area contributed by atoms with E-state index in [-0.39, 0.29) is 19.7 Å². The Labute approximate surface area is 165 Å². The van der Waals surface area contributed by atoms with Gasteiger partial charge in [-0.1, -0.05) is 30.3 Å². The Morgan fingerprint density at radius 2 is 1.79 bits per heavy atom. The van der Waals surface area contributed by atoms with Crippen molar-refractivity contribution in [2.45, 2.75) is 51.4 Å². The third kappa shape index (κ3) is 7.09. The first kappa shape index (κ1) is 21.5. The predicted molar refractivity (Wildman–Crippen MR) is 102 cm³/mol. The lowest BCUT2D eigenvalue weighted by Gasteiger charge is -2.29. The number of ether oxygens (including phenoxy) is 3. The van der Waals surface area contributed by atoms with Crippen LogP contribution < -0.4 is 5.32 Å². The van der Waals surface area contributed by atoms with E-state index in [1.807, 2.05) is 30.3 Å². The van der Waals surface area contributed by atoms with E-state index >= 15 is 0 Å². The Kier molecular flexibility index (Phi) is 6.88. The Hall–Kier alpha value is -2.77. The molecule has 1 aromatic carbocycles. The van der Waals surface area contributed by atoms with E-state index in [4.69, 9.17) is 9.47 Å². The van der Waals surface area contributed by atoms with Crippen molar-refractivity contribution in [2.24, 2.45) is 0 Å². The fraction of sp³-hybridized carbons (Fsp3) is 0.550. The number of carbonyl (C=O) groups is 3. The van der Waals surface area contributed by atoms with Crippen molar-refractivity contribution in [1.29, 1.82) is 0 Å². The normalized spacial score (nSPS) is 14.6. The molecule has 0 heterocycles. The van der Waals surface area contributed by atoms with Crippen LogP contribution in [0.2, 0.25) is 0 Å². The van der Waals surface area contributed by atoms with Crippen molar-refractivity contribution >= 4 is 18.2 Å². The first-order chi connectivity index (χ1) is 13.1. The minimum absolute atomic E-state index is 0.136. The van der Waals surface area contributed by atoms with E-state index in [2.05, 4.69) is 10.1 Å². The van der Waals surface area contributed by atoms with Gasteiger partial charge in [-0.15, -0.1) is 0 Å². The van der Waals surface area contributed by atoms with Crippen LogP contribution in [0.5, 0.6) is 0 Å². The van der Waals surface area contributed by atoms with Gasteiger partial charge >= 0.3 is 18.2 Å². The summed E-state index contributed by atoms with van der Waals surface area (Å²) in [6.07, 6.45) is 0.147. The zero-order valence-electron chi connectivity index (χ0n) is 16.8. The van der Waals surface area contributed by atoms with Crippen LogP contribution in [-0.2, 0) is 25.6 Å². The van der Waals surface area contributed by atoms with Crippen LogP contribution in [0.4, 0.5) is 9.59 Å². The van der Waals surface area contributed by atoms with Gasteiger partial charge in [0.1, 0.15) is 18.8 Å². The zero-order chi connectivity index (χ0) is 20.8. The lowest BCUT2D eigenvalue weighted by atomic mass is 10.2. The maximum absolute atomic E-state index is 12.5. The molecule has 0 unspecified atom stereocenters. The van der Waals surface area contributed by atoms with Crippen LogP contribution in [0.1, 0.15) is 39.2 Å². The van der Waals surface area contributed by atoms with Gasteiger partial charge in [0.15, 0.2) is 0 Å². The number of nitrogens with one attached hydrogen (secondary N) is 1. The average Bonchev–Trinajstić information content (AvgIpc) is 3.37. The molecule has 0 saturated heterocycles. The second-order valence-corrected chi connectivity index (χ2v) is 7.88. The van der Waals surface area contributed by atoms with E-state index in [1.54, 1.807) is 20.8 Å². The standard InChI is InChI=1S/C20H28N2O6/c1-19(2,3)28-18(25)22(12-16(23)26-4)14-20(10-11-20)21-17(24)27-13-15-8-6-5-7-9-15/h5-9H,10-14H2,1-4H3,(H,21,24). The Balaban J connectivity index is 1.94. The van der Waals surface area contributed by atoms with Crippen molar-refractivity contribution < 1.29 is 28.6 Å². The van der Waals surface area contributed by atoms with E-state index in [0.717, 1.165) is 5.56 Å². The lowest BCUT2D eigenvalue weighted by Crippen LogP contribution is -2.50. The number of nitrogens with zero attached hydrogens (tertiary/aromatic N) is 1. The number of esters is 1.